The highest BCUT2D eigenvalue weighted by molar-refractivity contribution is 6.03. The van der Waals surface area contributed by atoms with Gasteiger partial charge in [0.2, 0.25) is 5.88 Å². The molecule has 3 aliphatic heterocycles. The van der Waals surface area contributed by atoms with Gasteiger partial charge in [-0.05, 0) is 86.0 Å². The molecule has 2 atom stereocenters. The molecule has 3 fully saturated rings. The molecule has 44 heavy (non-hydrogen) atoms. The van der Waals surface area contributed by atoms with Crippen molar-refractivity contribution < 1.29 is 27.8 Å². The first-order chi connectivity index (χ1) is 21.4. The van der Waals surface area contributed by atoms with E-state index < -0.39 is 17.8 Å². The molecule has 11 heteroatoms. The highest BCUT2D eigenvalue weighted by atomic mass is 19.1. The number of aromatic hydroxyl groups is 1. The van der Waals surface area contributed by atoms with E-state index in [9.17, 15) is 13.9 Å². The summed E-state index contributed by atoms with van der Waals surface area (Å²) in [6, 6.07) is 6.80. The van der Waals surface area contributed by atoms with Gasteiger partial charge in [-0.2, -0.15) is 9.97 Å². The predicted octanol–water partition coefficient (Wildman–Crippen LogP) is 6.34. The number of hydrogen-bond acceptors (Lipinski definition) is 8. The maximum absolute atomic E-state index is 16.3. The van der Waals surface area contributed by atoms with Crippen LogP contribution in [0.1, 0.15) is 51.0 Å². The van der Waals surface area contributed by atoms with Crippen LogP contribution >= 0.6 is 0 Å². The Bertz CT molecular complexity index is 1720. The Kier molecular flexibility index (Phi) is 7.60. The van der Waals surface area contributed by atoms with Crippen LogP contribution in [0.25, 0.3) is 32.9 Å². The summed E-state index contributed by atoms with van der Waals surface area (Å²) in [4.78, 5) is 17.9. The first kappa shape index (κ1) is 28.9. The lowest BCUT2D eigenvalue weighted by Gasteiger charge is -2.37. The largest absolute Gasteiger partial charge is 0.508 e. The van der Waals surface area contributed by atoms with Crippen molar-refractivity contribution in [3.05, 3.63) is 41.5 Å². The van der Waals surface area contributed by atoms with Gasteiger partial charge in [-0.25, -0.2) is 18.2 Å². The fourth-order valence-electron chi connectivity index (χ4n) is 7.14. The summed E-state index contributed by atoms with van der Waals surface area (Å²) in [5.41, 5.74) is 0.638. The SMILES string of the molecule is CCc1c(F)ccc2cc(O)cc(-c3nc4c5c(nc(OC)nc5c3F)N(C3CCC3)CCO4)c12.FC1CC2CCCN2C1. The van der Waals surface area contributed by atoms with Gasteiger partial charge in [0.25, 0.3) is 0 Å². The van der Waals surface area contributed by atoms with E-state index in [1.54, 1.807) is 6.07 Å². The molecule has 4 aliphatic rings. The number of fused-ring (bicyclic) bond motifs is 2. The molecule has 2 unspecified atom stereocenters. The summed E-state index contributed by atoms with van der Waals surface area (Å²) in [5, 5.41) is 11.9. The van der Waals surface area contributed by atoms with Crippen LogP contribution in [0.3, 0.4) is 0 Å². The summed E-state index contributed by atoms with van der Waals surface area (Å²) >= 11 is 0. The van der Waals surface area contributed by atoms with Crippen molar-refractivity contribution in [3.63, 3.8) is 0 Å². The van der Waals surface area contributed by atoms with Gasteiger partial charge in [-0.15, -0.1) is 0 Å². The molecule has 8 rings (SSSR count). The predicted molar refractivity (Wildman–Crippen MR) is 162 cm³/mol. The Morgan fingerprint density at radius 1 is 1.02 bits per heavy atom. The zero-order valence-electron chi connectivity index (χ0n) is 25.0. The number of methoxy groups -OCH3 is 1. The lowest BCUT2D eigenvalue weighted by atomic mass is 9.91. The van der Waals surface area contributed by atoms with Gasteiger partial charge in [0.15, 0.2) is 5.82 Å². The van der Waals surface area contributed by atoms with E-state index in [4.69, 9.17) is 9.47 Å². The maximum Gasteiger partial charge on any atom is 0.318 e. The number of aromatic nitrogens is 3. The monoisotopic (exact) mass is 607 g/mol. The number of pyridine rings is 1. The normalized spacial score (nSPS) is 21.4. The number of phenolic OH excluding ortho intramolecular Hbond substituents is 1. The minimum absolute atomic E-state index is 0.0176. The molecule has 2 saturated heterocycles. The van der Waals surface area contributed by atoms with Crippen molar-refractivity contribution in [3.8, 4) is 28.9 Å². The molecule has 0 bridgehead atoms. The lowest BCUT2D eigenvalue weighted by molar-refractivity contribution is 0.292. The van der Waals surface area contributed by atoms with E-state index >= 15 is 4.39 Å². The molecular formula is C33H36F3N5O3. The summed E-state index contributed by atoms with van der Waals surface area (Å²) in [6.07, 6.45) is 6.38. The lowest BCUT2D eigenvalue weighted by Crippen LogP contribution is -2.42. The number of ether oxygens (including phenoxy) is 2. The summed E-state index contributed by atoms with van der Waals surface area (Å²) < 4.78 is 55.0. The molecule has 2 aromatic heterocycles. The van der Waals surface area contributed by atoms with Crippen molar-refractivity contribution in [1.29, 1.82) is 0 Å². The van der Waals surface area contributed by atoms with Crippen LogP contribution < -0.4 is 14.4 Å². The number of phenols is 1. The van der Waals surface area contributed by atoms with Crippen molar-refractivity contribution in [2.24, 2.45) is 0 Å². The minimum Gasteiger partial charge on any atom is -0.508 e. The van der Waals surface area contributed by atoms with Crippen LogP contribution in [0, 0.1) is 11.6 Å². The number of nitrogens with zero attached hydrogens (tertiary/aromatic N) is 5. The van der Waals surface area contributed by atoms with Crippen LogP contribution in [0.5, 0.6) is 17.6 Å². The average molecular weight is 608 g/mol. The van der Waals surface area contributed by atoms with Gasteiger partial charge < -0.3 is 19.5 Å². The van der Waals surface area contributed by atoms with Crippen LogP contribution in [0.4, 0.5) is 19.0 Å². The summed E-state index contributed by atoms with van der Waals surface area (Å²) in [5.74, 6) is -0.427. The molecule has 1 N–H and O–H groups in total. The Morgan fingerprint density at radius 2 is 1.84 bits per heavy atom. The van der Waals surface area contributed by atoms with Gasteiger partial charge in [0, 0.05) is 24.2 Å². The van der Waals surface area contributed by atoms with Crippen molar-refractivity contribution in [2.45, 2.75) is 70.1 Å². The van der Waals surface area contributed by atoms with E-state index in [1.165, 1.54) is 38.2 Å². The first-order valence-electron chi connectivity index (χ1n) is 15.5. The third kappa shape index (κ3) is 4.95. The number of anilines is 1. The van der Waals surface area contributed by atoms with Gasteiger partial charge in [0.05, 0.1) is 13.7 Å². The standard InChI is InChI=1S/C26H24F2N4O3.C7H12FN/c1-3-16-18(27)8-7-13-11-15(33)12-17(19(13)16)22-21(28)23-20-24(31-26(30-23)34-2)32(14-5-4-6-14)9-10-35-25(20)29-22;8-6-4-7-2-1-3-9(7)5-6/h7-8,11-12,14,33H,3-6,9-10H2,1-2H3;6-7H,1-5H2. The maximum atomic E-state index is 16.3. The molecule has 0 spiro atoms. The molecule has 1 aliphatic carbocycles. The number of rotatable bonds is 4. The molecule has 5 heterocycles. The molecule has 2 aromatic carbocycles. The molecule has 4 aromatic rings. The Hall–Kier alpha value is -3.86. The number of halogens is 3. The first-order valence-corrected chi connectivity index (χ1v) is 15.5. The fourth-order valence-corrected chi connectivity index (χ4v) is 7.14. The molecule has 1 saturated carbocycles. The average Bonchev–Trinajstić information content (AvgIpc) is 3.52. The second-order valence-corrected chi connectivity index (χ2v) is 12.1. The quantitative estimate of drug-likeness (QED) is 0.288. The molecule has 8 nitrogen and oxygen atoms in total. The second kappa shape index (κ2) is 11.6. The van der Waals surface area contributed by atoms with E-state index in [0.717, 1.165) is 32.2 Å². The van der Waals surface area contributed by atoms with Gasteiger partial charge in [-0.3, -0.25) is 4.90 Å². The zero-order valence-corrected chi connectivity index (χ0v) is 25.0. The van der Waals surface area contributed by atoms with Crippen LogP contribution in [0.15, 0.2) is 24.3 Å². The van der Waals surface area contributed by atoms with E-state index in [0.29, 0.717) is 65.7 Å². The Morgan fingerprint density at radius 3 is 2.57 bits per heavy atom. The van der Waals surface area contributed by atoms with Gasteiger partial charge >= 0.3 is 6.01 Å². The third-order valence-corrected chi connectivity index (χ3v) is 9.47. The van der Waals surface area contributed by atoms with E-state index in [-0.39, 0.29) is 34.4 Å². The van der Waals surface area contributed by atoms with Gasteiger partial charge in [-0.1, -0.05) is 13.0 Å². The number of hydrogen-bond donors (Lipinski definition) is 1. The van der Waals surface area contributed by atoms with Crippen molar-refractivity contribution in [1.82, 2.24) is 19.9 Å². The molecule has 0 radical (unpaired) electrons. The second-order valence-electron chi connectivity index (χ2n) is 12.1. The fraction of sp³-hybridized carbons (Fsp3) is 0.485. The number of alkyl halides is 1. The highest BCUT2D eigenvalue weighted by Crippen LogP contribution is 2.44. The minimum atomic E-state index is -0.706. The smallest absolute Gasteiger partial charge is 0.318 e. The van der Waals surface area contributed by atoms with Crippen molar-refractivity contribution in [2.75, 3.05) is 38.3 Å². The zero-order chi connectivity index (χ0) is 30.5. The van der Waals surface area contributed by atoms with Crippen molar-refractivity contribution >= 4 is 27.5 Å². The third-order valence-electron chi connectivity index (χ3n) is 9.47. The van der Waals surface area contributed by atoms with Crippen LogP contribution in [-0.4, -0.2) is 76.6 Å². The summed E-state index contributed by atoms with van der Waals surface area (Å²) in [7, 11) is 1.44. The number of aryl methyl sites for hydroxylation is 1. The number of benzene rings is 2. The van der Waals surface area contributed by atoms with E-state index in [1.807, 2.05) is 6.92 Å². The Labute approximate surface area is 253 Å². The highest BCUT2D eigenvalue weighted by Gasteiger charge is 2.35. The van der Waals surface area contributed by atoms with Crippen LogP contribution in [-0.2, 0) is 6.42 Å². The topological polar surface area (TPSA) is 83.8 Å². The molecular weight excluding hydrogens is 571 g/mol. The molecule has 232 valence electrons. The van der Waals surface area contributed by atoms with Gasteiger partial charge in [0.1, 0.15) is 46.8 Å². The van der Waals surface area contributed by atoms with E-state index in [2.05, 4.69) is 24.8 Å². The molecule has 0 amide bonds. The van der Waals surface area contributed by atoms with Crippen LogP contribution in [0.2, 0.25) is 0 Å². The Balaban J connectivity index is 0.000000296. The summed E-state index contributed by atoms with van der Waals surface area (Å²) in [6.45, 7) is 4.61.